The molecular formula is C26H24NO5P. The summed E-state index contributed by atoms with van der Waals surface area (Å²) in [5.41, 5.74) is 0.855. The second-order valence-corrected chi connectivity index (χ2v) is 9.03. The third-order valence-electron chi connectivity index (χ3n) is 4.87. The van der Waals surface area contributed by atoms with Crippen LogP contribution in [-0.2, 0) is 20.7 Å². The molecule has 0 aliphatic carbocycles. The molecule has 6 nitrogen and oxygen atoms in total. The fourth-order valence-electron chi connectivity index (χ4n) is 3.24. The number of carbonyl (C=O) groups excluding carboxylic acids is 1. The van der Waals surface area contributed by atoms with Gasteiger partial charge >= 0.3 is 13.7 Å². The largest absolute Gasteiger partial charge is 0.513 e. The first-order chi connectivity index (χ1) is 16.0. The predicted octanol–water partition coefficient (Wildman–Crippen LogP) is 6.13. The quantitative estimate of drug-likeness (QED) is 0.239. The minimum Gasteiger partial charge on any atom is -0.460 e. The summed E-state index contributed by atoms with van der Waals surface area (Å²) in [5, 5.41) is 4.43. The van der Waals surface area contributed by atoms with Gasteiger partial charge in [0, 0.05) is 5.39 Å². The van der Waals surface area contributed by atoms with Crippen LogP contribution in [0.4, 0.5) is 0 Å². The van der Waals surface area contributed by atoms with Crippen LogP contribution in [0.15, 0.2) is 103 Å². The standard InChI is InChI=1S/C26H24NO5P/c1-20(26(28)30-19-21-11-4-2-5-12-21)27-33(29,31-23-15-6-3-7-16-23)32-25-18-10-14-22-13-8-9-17-24(22)25/h2-18,20H,19H2,1H3,(H,27,29)/t20-,33+/m0/s1. The van der Waals surface area contributed by atoms with Crippen molar-refractivity contribution in [3.05, 3.63) is 109 Å². The predicted molar refractivity (Wildman–Crippen MR) is 128 cm³/mol. The zero-order chi connectivity index (χ0) is 23.1. The molecule has 4 aromatic carbocycles. The fraction of sp³-hybridized carbons (Fsp3) is 0.115. The summed E-state index contributed by atoms with van der Waals surface area (Å²) in [7, 11) is -4.02. The van der Waals surface area contributed by atoms with Gasteiger partial charge in [0.2, 0.25) is 0 Å². The Bertz CT molecular complexity index is 1260. The molecule has 4 aromatic rings. The molecule has 0 amide bonds. The molecule has 0 saturated carbocycles. The van der Waals surface area contributed by atoms with Gasteiger partial charge in [-0.15, -0.1) is 0 Å². The molecule has 0 bridgehead atoms. The summed E-state index contributed by atoms with van der Waals surface area (Å²) in [6.07, 6.45) is 0. The van der Waals surface area contributed by atoms with Crippen molar-refractivity contribution >= 4 is 24.5 Å². The lowest BCUT2D eigenvalue weighted by Gasteiger charge is -2.23. The molecule has 7 heteroatoms. The highest BCUT2D eigenvalue weighted by Gasteiger charge is 2.34. The summed E-state index contributed by atoms with van der Waals surface area (Å²) >= 11 is 0. The Morgan fingerprint density at radius 3 is 2.21 bits per heavy atom. The van der Waals surface area contributed by atoms with Gasteiger partial charge in [0.1, 0.15) is 24.1 Å². The molecule has 2 atom stereocenters. The molecule has 0 aliphatic rings. The van der Waals surface area contributed by atoms with Crippen molar-refractivity contribution in [3.63, 3.8) is 0 Å². The van der Waals surface area contributed by atoms with Gasteiger partial charge in [-0.3, -0.25) is 4.79 Å². The number of fused-ring (bicyclic) bond motifs is 1. The number of carbonyl (C=O) groups is 1. The van der Waals surface area contributed by atoms with E-state index >= 15 is 0 Å². The Morgan fingerprint density at radius 1 is 0.818 bits per heavy atom. The molecular weight excluding hydrogens is 437 g/mol. The van der Waals surface area contributed by atoms with Crippen LogP contribution in [0.25, 0.3) is 10.8 Å². The minimum absolute atomic E-state index is 0.111. The summed E-state index contributed by atoms with van der Waals surface area (Å²) < 4.78 is 30.9. The van der Waals surface area contributed by atoms with E-state index in [1.165, 1.54) is 0 Å². The molecule has 0 aliphatic heterocycles. The van der Waals surface area contributed by atoms with Gasteiger partial charge in [-0.05, 0) is 36.1 Å². The van der Waals surface area contributed by atoms with E-state index in [1.807, 2.05) is 72.8 Å². The van der Waals surface area contributed by atoms with Gasteiger partial charge in [-0.2, -0.15) is 5.09 Å². The molecule has 0 radical (unpaired) electrons. The zero-order valence-electron chi connectivity index (χ0n) is 18.1. The van der Waals surface area contributed by atoms with Crippen molar-refractivity contribution in [2.24, 2.45) is 0 Å². The maximum Gasteiger partial charge on any atom is 0.513 e. The van der Waals surface area contributed by atoms with E-state index in [0.29, 0.717) is 11.5 Å². The average molecular weight is 461 g/mol. The minimum atomic E-state index is -4.02. The Labute approximate surface area is 192 Å². The average Bonchev–Trinajstić information content (AvgIpc) is 2.84. The first kappa shape index (κ1) is 22.6. The van der Waals surface area contributed by atoms with Crippen LogP contribution in [0.3, 0.4) is 0 Å². The highest BCUT2D eigenvalue weighted by Crippen LogP contribution is 2.47. The molecule has 4 rings (SSSR count). The van der Waals surface area contributed by atoms with Crippen LogP contribution >= 0.6 is 7.75 Å². The molecule has 0 unspecified atom stereocenters. The number of hydrogen-bond donors (Lipinski definition) is 1. The van der Waals surface area contributed by atoms with Crippen molar-refractivity contribution in [2.45, 2.75) is 19.6 Å². The molecule has 0 aromatic heterocycles. The topological polar surface area (TPSA) is 73.9 Å². The number of rotatable bonds is 9. The monoisotopic (exact) mass is 461 g/mol. The Balaban J connectivity index is 1.54. The second-order valence-electron chi connectivity index (χ2n) is 7.41. The third-order valence-corrected chi connectivity index (χ3v) is 6.46. The lowest BCUT2D eigenvalue weighted by Crippen LogP contribution is -2.35. The first-order valence-corrected chi connectivity index (χ1v) is 12.1. The highest BCUT2D eigenvalue weighted by molar-refractivity contribution is 7.52. The molecule has 33 heavy (non-hydrogen) atoms. The summed E-state index contributed by atoms with van der Waals surface area (Å²) in [6, 6.07) is 30.1. The van der Waals surface area contributed by atoms with Gasteiger partial charge in [0.15, 0.2) is 0 Å². The molecule has 0 spiro atoms. The lowest BCUT2D eigenvalue weighted by molar-refractivity contribution is -0.146. The van der Waals surface area contributed by atoms with Crippen molar-refractivity contribution in [2.75, 3.05) is 0 Å². The first-order valence-electron chi connectivity index (χ1n) is 10.5. The Morgan fingerprint density at radius 2 is 1.45 bits per heavy atom. The van der Waals surface area contributed by atoms with E-state index in [4.69, 9.17) is 13.8 Å². The van der Waals surface area contributed by atoms with Crippen LogP contribution in [0.5, 0.6) is 11.5 Å². The smallest absolute Gasteiger partial charge is 0.460 e. The van der Waals surface area contributed by atoms with Crippen LogP contribution < -0.4 is 14.1 Å². The van der Waals surface area contributed by atoms with Gasteiger partial charge < -0.3 is 13.8 Å². The molecule has 0 fully saturated rings. The number of nitrogens with one attached hydrogen (secondary N) is 1. The number of hydrogen-bond acceptors (Lipinski definition) is 5. The number of benzene rings is 4. The maximum absolute atomic E-state index is 13.8. The third kappa shape index (κ3) is 6.01. The van der Waals surface area contributed by atoms with Crippen molar-refractivity contribution in [1.29, 1.82) is 0 Å². The van der Waals surface area contributed by atoms with E-state index in [1.54, 1.807) is 37.3 Å². The van der Waals surface area contributed by atoms with Gasteiger partial charge in [-0.1, -0.05) is 84.9 Å². The van der Waals surface area contributed by atoms with Crippen LogP contribution in [0, 0.1) is 0 Å². The van der Waals surface area contributed by atoms with Crippen molar-refractivity contribution in [1.82, 2.24) is 5.09 Å². The van der Waals surface area contributed by atoms with Gasteiger partial charge in [0.05, 0.1) is 0 Å². The van der Waals surface area contributed by atoms with E-state index in [-0.39, 0.29) is 6.61 Å². The van der Waals surface area contributed by atoms with Crippen molar-refractivity contribution in [3.8, 4) is 11.5 Å². The molecule has 0 saturated heterocycles. The SMILES string of the molecule is C[C@H](N[P@@](=O)(Oc1ccccc1)Oc1cccc2ccccc12)C(=O)OCc1ccccc1. The van der Waals surface area contributed by atoms with E-state index in [0.717, 1.165) is 16.3 Å². The Hall–Kier alpha value is -3.60. The summed E-state index contributed by atoms with van der Waals surface area (Å²) in [5.74, 6) is 0.153. The van der Waals surface area contributed by atoms with Crippen LogP contribution in [0.2, 0.25) is 0 Å². The zero-order valence-corrected chi connectivity index (χ0v) is 19.0. The van der Waals surface area contributed by atoms with E-state index in [2.05, 4.69) is 5.09 Å². The van der Waals surface area contributed by atoms with Gasteiger partial charge in [-0.25, -0.2) is 4.57 Å². The van der Waals surface area contributed by atoms with Crippen molar-refractivity contribution < 1.29 is 23.1 Å². The summed E-state index contributed by atoms with van der Waals surface area (Å²) in [6.45, 7) is 1.67. The molecule has 0 heterocycles. The van der Waals surface area contributed by atoms with Crippen LogP contribution in [-0.4, -0.2) is 12.0 Å². The second kappa shape index (κ2) is 10.3. The molecule has 168 valence electrons. The summed E-state index contributed by atoms with van der Waals surface area (Å²) in [4.78, 5) is 12.6. The number of ether oxygens (including phenoxy) is 1. The normalized spacial score (nSPS) is 13.6. The number of esters is 1. The fourth-order valence-corrected chi connectivity index (χ4v) is 4.78. The Kier molecular flexibility index (Phi) is 7.08. The maximum atomic E-state index is 13.8. The van der Waals surface area contributed by atoms with E-state index in [9.17, 15) is 9.36 Å². The lowest BCUT2D eigenvalue weighted by atomic mass is 10.1. The molecule has 1 N–H and O–H groups in total. The number of para-hydroxylation sites is 1. The van der Waals surface area contributed by atoms with Gasteiger partial charge in [0.25, 0.3) is 0 Å². The highest BCUT2D eigenvalue weighted by atomic mass is 31.2. The van der Waals surface area contributed by atoms with Crippen LogP contribution in [0.1, 0.15) is 12.5 Å². The van der Waals surface area contributed by atoms with E-state index < -0.39 is 19.8 Å².